The van der Waals surface area contributed by atoms with Crippen LogP contribution in [0.4, 0.5) is 0 Å². The van der Waals surface area contributed by atoms with E-state index in [1.807, 2.05) is 60.2 Å². The van der Waals surface area contributed by atoms with Gasteiger partial charge in [-0.25, -0.2) is 25.0 Å². The fraction of sp³-hybridized carbons (Fsp3) is 0.161. The quantitative estimate of drug-likeness (QED) is 0.428. The lowest BCUT2D eigenvalue weighted by Gasteiger charge is -2.19. The minimum absolute atomic E-state index is 0.0474. The number of amidine groups is 6. The largest absolute Gasteiger partial charge is 0.372 e. The molecular weight excluding hydrogens is 512 g/mol. The van der Waals surface area contributed by atoms with Crippen LogP contribution in [0.5, 0.6) is 0 Å². The van der Waals surface area contributed by atoms with Crippen molar-refractivity contribution in [2.75, 3.05) is 7.05 Å². The van der Waals surface area contributed by atoms with Crippen LogP contribution in [0, 0.1) is 0 Å². The molecule has 0 aliphatic carbocycles. The summed E-state index contributed by atoms with van der Waals surface area (Å²) in [6.07, 6.45) is 0. The summed E-state index contributed by atoms with van der Waals surface area (Å²) in [5.74, 6) is 4.45. The number of hydrogen-bond donors (Lipinski definition) is 2. The van der Waals surface area contributed by atoms with Gasteiger partial charge in [-0.15, -0.1) is 4.99 Å². The van der Waals surface area contributed by atoms with E-state index in [0.29, 0.717) is 41.1 Å². The Kier molecular flexibility index (Phi) is 4.76. The second kappa shape index (κ2) is 8.31. The molecule has 8 rings (SSSR count). The summed E-state index contributed by atoms with van der Waals surface area (Å²) in [5, 5.41) is 0. The van der Waals surface area contributed by atoms with E-state index < -0.39 is 0 Å². The van der Waals surface area contributed by atoms with Gasteiger partial charge in [-0.3, -0.25) is 0 Å². The molecule has 0 atom stereocenters. The molecule has 0 saturated heterocycles. The zero-order valence-electron chi connectivity index (χ0n) is 22.9. The zero-order chi connectivity index (χ0) is 27.9. The molecule has 0 radical (unpaired) electrons. The molecule has 3 aromatic rings. The van der Waals surface area contributed by atoms with E-state index in [1.54, 1.807) is 0 Å². The first-order valence-electron chi connectivity index (χ1n) is 13.4. The van der Waals surface area contributed by atoms with Gasteiger partial charge in [0.2, 0.25) is 11.7 Å². The van der Waals surface area contributed by atoms with Crippen LogP contribution >= 0.6 is 0 Å². The number of aliphatic imine (C=N–C) groups is 7. The molecule has 0 unspecified atom stereocenters. The highest BCUT2D eigenvalue weighted by Gasteiger charge is 2.34. The van der Waals surface area contributed by atoms with E-state index in [2.05, 4.69) is 54.8 Å². The highest BCUT2D eigenvalue weighted by Crippen LogP contribution is 2.31. The highest BCUT2D eigenvalue weighted by atomic mass is 15.5. The predicted molar refractivity (Wildman–Crippen MR) is 162 cm³/mol. The minimum atomic E-state index is -0.0474. The molecule has 198 valence electrons. The van der Waals surface area contributed by atoms with Gasteiger partial charge in [-0.1, -0.05) is 74.3 Å². The molecular formula is C31H25N10+. The summed E-state index contributed by atoms with van der Waals surface area (Å²) < 4.78 is 1.89. The summed E-state index contributed by atoms with van der Waals surface area (Å²) in [4.78, 5) is 34.2. The summed E-state index contributed by atoms with van der Waals surface area (Å²) in [6.45, 7) is 6.59. The van der Waals surface area contributed by atoms with Gasteiger partial charge in [0.15, 0.2) is 23.3 Å². The lowest BCUT2D eigenvalue weighted by Crippen LogP contribution is -2.37. The van der Waals surface area contributed by atoms with Crippen molar-refractivity contribution in [2.24, 2.45) is 34.9 Å². The lowest BCUT2D eigenvalue weighted by molar-refractivity contribution is -0.372. The maximum Gasteiger partial charge on any atom is 0.372 e. The summed E-state index contributed by atoms with van der Waals surface area (Å²) >= 11 is 0. The second-order valence-corrected chi connectivity index (χ2v) is 11.3. The van der Waals surface area contributed by atoms with Crippen LogP contribution in [0.25, 0.3) is 0 Å². The van der Waals surface area contributed by atoms with Crippen molar-refractivity contribution in [3.05, 3.63) is 106 Å². The van der Waals surface area contributed by atoms with Crippen molar-refractivity contribution in [2.45, 2.75) is 26.2 Å². The first kappa shape index (κ1) is 23.5. The highest BCUT2D eigenvalue weighted by molar-refractivity contribution is 6.32. The van der Waals surface area contributed by atoms with Gasteiger partial charge in [-0.2, -0.15) is 15.4 Å². The van der Waals surface area contributed by atoms with Gasteiger partial charge < -0.3 is 0 Å². The lowest BCUT2D eigenvalue weighted by atomic mass is 9.85. The number of rotatable bonds is 0. The van der Waals surface area contributed by atoms with E-state index in [9.17, 15) is 0 Å². The average molecular weight is 538 g/mol. The minimum Gasteiger partial charge on any atom is -0.223 e. The maximum atomic E-state index is 5.03. The number of nitrogens with zero attached hydrogens (tertiary/aromatic N) is 8. The third-order valence-electron chi connectivity index (χ3n) is 7.59. The number of benzene rings is 3. The van der Waals surface area contributed by atoms with E-state index >= 15 is 0 Å². The van der Waals surface area contributed by atoms with Gasteiger partial charge in [0.1, 0.15) is 0 Å². The van der Waals surface area contributed by atoms with Crippen LogP contribution in [-0.4, -0.2) is 58.6 Å². The van der Waals surface area contributed by atoms with Crippen molar-refractivity contribution in [1.29, 1.82) is 0 Å². The number of nitrogens with one attached hydrogen (secondary N) is 2. The first-order chi connectivity index (χ1) is 19.8. The van der Waals surface area contributed by atoms with Crippen molar-refractivity contribution in [3.8, 4) is 0 Å². The Bertz CT molecular complexity index is 1980. The molecule has 5 heterocycles. The molecule has 0 spiro atoms. The fourth-order valence-electron chi connectivity index (χ4n) is 5.36. The van der Waals surface area contributed by atoms with Crippen molar-refractivity contribution in [1.82, 2.24) is 10.9 Å². The van der Waals surface area contributed by atoms with Crippen molar-refractivity contribution in [3.63, 3.8) is 0 Å². The van der Waals surface area contributed by atoms with E-state index in [1.165, 1.54) is 5.56 Å². The fourth-order valence-corrected chi connectivity index (χ4v) is 5.36. The molecule has 2 N–H and O–H groups in total. The van der Waals surface area contributed by atoms with Crippen LogP contribution in [0.15, 0.2) is 102 Å². The first-order valence-corrected chi connectivity index (χ1v) is 13.4. The SMILES string of the molecule is C[N+]1=C2N=C(N=C3N=C(N=C4N=C(N=C5N=C1c1ccccc15)c1ccc(C(C)(C)C)cc14)c1ccccc13)NN2. The van der Waals surface area contributed by atoms with E-state index in [0.717, 1.165) is 39.2 Å². The molecule has 3 aromatic carbocycles. The smallest absolute Gasteiger partial charge is 0.223 e. The second-order valence-electron chi connectivity index (χ2n) is 11.3. The summed E-state index contributed by atoms with van der Waals surface area (Å²) in [7, 11) is 1.91. The molecule has 0 fully saturated rings. The van der Waals surface area contributed by atoms with E-state index in [4.69, 9.17) is 30.0 Å². The standard InChI is InChI=1S/C31H24N10/c1-31(2,3)16-13-14-20-22(15-16)27-34-23-17-9-5-6-10-18(17)26(33-23)37-29-38-30(40-39-29)41(4)28-21-12-8-7-11-19(21)25(36-28)32-24(20)35-27/h5-15H,1-4H3,(H,33,35,36,38,39,40)/p+1. The predicted octanol–water partition coefficient (Wildman–Crippen LogP) is 3.38. The topological polar surface area (TPSA) is 114 Å². The Morgan fingerprint density at radius 1 is 0.537 bits per heavy atom. The molecule has 0 saturated carbocycles. The van der Waals surface area contributed by atoms with Gasteiger partial charge >= 0.3 is 11.9 Å². The van der Waals surface area contributed by atoms with Crippen LogP contribution in [0.1, 0.15) is 59.7 Å². The molecule has 10 nitrogen and oxygen atoms in total. The Hall–Kier alpha value is -5.38. The van der Waals surface area contributed by atoms with Gasteiger partial charge in [0, 0.05) is 27.8 Å². The molecule has 8 bridgehead atoms. The van der Waals surface area contributed by atoms with Gasteiger partial charge in [0.25, 0.3) is 0 Å². The number of hydrazine groups is 1. The Morgan fingerprint density at radius 2 is 1.05 bits per heavy atom. The molecule has 0 amide bonds. The monoisotopic (exact) mass is 537 g/mol. The zero-order valence-corrected chi connectivity index (χ0v) is 22.9. The maximum absolute atomic E-state index is 5.03. The normalized spacial score (nSPS) is 18.1. The molecule has 5 aliphatic rings. The Balaban J connectivity index is 1.42. The van der Waals surface area contributed by atoms with Crippen molar-refractivity contribution < 1.29 is 4.58 Å². The number of hydrogen-bond acceptors (Lipinski definition) is 9. The third kappa shape index (κ3) is 3.64. The molecule has 10 heteroatoms. The van der Waals surface area contributed by atoms with Gasteiger partial charge in [0.05, 0.1) is 12.6 Å². The molecule has 0 aromatic heterocycles. The molecule has 41 heavy (non-hydrogen) atoms. The van der Waals surface area contributed by atoms with E-state index in [-0.39, 0.29) is 5.41 Å². The number of fused-ring (bicyclic) bond motifs is 13. The Labute approximate surface area is 236 Å². The van der Waals surface area contributed by atoms with Crippen LogP contribution in [0.3, 0.4) is 0 Å². The molecule has 5 aliphatic heterocycles. The Morgan fingerprint density at radius 3 is 1.68 bits per heavy atom. The van der Waals surface area contributed by atoms with Crippen LogP contribution in [-0.2, 0) is 5.41 Å². The summed E-state index contributed by atoms with van der Waals surface area (Å²) in [6, 6.07) is 22.4. The van der Waals surface area contributed by atoms with Crippen molar-refractivity contribution >= 4 is 46.9 Å². The van der Waals surface area contributed by atoms with Crippen LogP contribution in [0.2, 0.25) is 0 Å². The summed E-state index contributed by atoms with van der Waals surface area (Å²) in [5.41, 5.74) is 12.8. The van der Waals surface area contributed by atoms with Gasteiger partial charge in [-0.05, 0) is 29.2 Å². The third-order valence-corrected chi connectivity index (χ3v) is 7.59. The number of guanidine groups is 2. The average Bonchev–Trinajstić information content (AvgIpc) is 3.74. The van der Waals surface area contributed by atoms with Crippen LogP contribution < -0.4 is 10.9 Å².